The van der Waals surface area contributed by atoms with Crippen molar-refractivity contribution in [3.63, 3.8) is 0 Å². The van der Waals surface area contributed by atoms with E-state index >= 15 is 0 Å². The number of hydrogen-bond acceptors (Lipinski definition) is 3. The van der Waals surface area contributed by atoms with Crippen LogP contribution in [-0.4, -0.2) is 37.7 Å². The van der Waals surface area contributed by atoms with E-state index in [0.29, 0.717) is 6.54 Å². The van der Waals surface area contributed by atoms with Crippen LogP contribution in [0.1, 0.15) is 24.8 Å². The molecule has 0 saturated carbocycles. The monoisotopic (exact) mass is 326 g/mol. The number of nitrogens with zero attached hydrogens (tertiary/aromatic N) is 1. The van der Waals surface area contributed by atoms with Crippen LogP contribution in [0.15, 0.2) is 22.7 Å². The average Bonchev–Trinajstić information content (AvgIpc) is 2.92. The second kappa shape index (κ2) is 7.88. The molecule has 0 spiro atoms. The van der Waals surface area contributed by atoms with Crippen LogP contribution in [0, 0.1) is 0 Å². The van der Waals surface area contributed by atoms with Gasteiger partial charge in [0.15, 0.2) is 0 Å². The number of nitrogens with two attached hydrogens (primary N) is 1. The largest absolute Gasteiger partial charge is 0.494 e. The summed E-state index contributed by atoms with van der Waals surface area (Å²) >= 11 is 3.54. The Morgan fingerprint density at radius 3 is 2.79 bits per heavy atom. The minimum absolute atomic E-state index is 0.664. The molecule has 19 heavy (non-hydrogen) atoms. The van der Waals surface area contributed by atoms with Crippen molar-refractivity contribution < 1.29 is 4.74 Å². The Hall–Kier alpha value is -0.580. The maximum atomic E-state index is 5.82. The van der Waals surface area contributed by atoms with E-state index < -0.39 is 0 Å². The zero-order valence-electron chi connectivity index (χ0n) is 11.4. The van der Waals surface area contributed by atoms with Crippen molar-refractivity contribution >= 4 is 15.9 Å². The summed E-state index contributed by atoms with van der Waals surface area (Å²) < 4.78 is 6.93. The molecule has 1 aromatic carbocycles. The summed E-state index contributed by atoms with van der Waals surface area (Å²) in [7, 11) is 0. The van der Waals surface area contributed by atoms with Crippen molar-refractivity contribution in [1.82, 2.24) is 4.90 Å². The van der Waals surface area contributed by atoms with Crippen molar-refractivity contribution in [2.24, 2.45) is 5.73 Å². The summed E-state index contributed by atoms with van der Waals surface area (Å²) in [4.78, 5) is 2.52. The van der Waals surface area contributed by atoms with Gasteiger partial charge < -0.3 is 15.4 Å². The molecule has 2 N–H and O–H groups in total. The second-order valence-electron chi connectivity index (χ2n) is 5.04. The Labute approximate surface area is 124 Å². The van der Waals surface area contributed by atoms with Crippen LogP contribution in [0.2, 0.25) is 0 Å². The van der Waals surface area contributed by atoms with Gasteiger partial charge in [0.05, 0.1) is 6.61 Å². The van der Waals surface area contributed by atoms with Gasteiger partial charge in [-0.15, -0.1) is 0 Å². The molecule has 4 heteroatoms. The van der Waals surface area contributed by atoms with Crippen LogP contribution in [0.5, 0.6) is 5.75 Å². The highest BCUT2D eigenvalue weighted by Gasteiger charge is 2.10. The molecular weight excluding hydrogens is 304 g/mol. The van der Waals surface area contributed by atoms with E-state index in [0.717, 1.165) is 36.2 Å². The molecule has 0 aromatic heterocycles. The summed E-state index contributed by atoms with van der Waals surface area (Å²) in [6.45, 7) is 5.14. The lowest BCUT2D eigenvalue weighted by atomic mass is 10.1. The van der Waals surface area contributed by atoms with E-state index in [4.69, 9.17) is 10.5 Å². The number of hydrogen-bond donors (Lipinski definition) is 1. The van der Waals surface area contributed by atoms with Gasteiger partial charge in [-0.2, -0.15) is 0 Å². The molecule has 106 valence electrons. The number of rotatable bonds is 7. The highest BCUT2D eigenvalue weighted by molar-refractivity contribution is 9.10. The lowest BCUT2D eigenvalue weighted by Crippen LogP contribution is -2.21. The Kier molecular flexibility index (Phi) is 6.14. The summed E-state index contributed by atoms with van der Waals surface area (Å²) in [5, 5.41) is 0. The molecule has 1 saturated heterocycles. The fraction of sp³-hybridized carbons (Fsp3) is 0.600. The molecule has 3 nitrogen and oxygen atoms in total. The number of benzene rings is 1. The summed E-state index contributed by atoms with van der Waals surface area (Å²) in [6.07, 6.45) is 4.69. The van der Waals surface area contributed by atoms with Gasteiger partial charge in [0.2, 0.25) is 0 Å². The smallest absolute Gasteiger partial charge is 0.119 e. The first-order valence-corrected chi connectivity index (χ1v) is 7.92. The van der Waals surface area contributed by atoms with Crippen LogP contribution >= 0.6 is 15.9 Å². The Balaban J connectivity index is 1.74. The minimum Gasteiger partial charge on any atom is -0.494 e. The topological polar surface area (TPSA) is 38.5 Å². The molecular formula is C15H23BrN2O. The fourth-order valence-corrected chi connectivity index (χ4v) is 2.92. The molecule has 1 heterocycles. The third kappa shape index (κ3) is 4.79. The molecule has 0 unspecified atom stereocenters. The second-order valence-corrected chi connectivity index (χ2v) is 5.90. The van der Waals surface area contributed by atoms with Gasteiger partial charge in [0.25, 0.3) is 0 Å². The molecule has 2 rings (SSSR count). The predicted molar refractivity (Wildman–Crippen MR) is 82.7 cm³/mol. The average molecular weight is 327 g/mol. The normalized spacial score (nSPS) is 15.9. The molecule has 0 bridgehead atoms. The number of halogens is 1. The first-order valence-electron chi connectivity index (χ1n) is 7.13. The number of ether oxygens (including phenoxy) is 1. The Morgan fingerprint density at radius 2 is 2.05 bits per heavy atom. The van der Waals surface area contributed by atoms with E-state index in [1.54, 1.807) is 0 Å². The van der Waals surface area contributed by atoms with Gasteiger partial charge >= 0.3 is 0 Å². The van der Waals surface area contributed by atoms with E-state index in [1.165, 1.54) is 31.5 Å². The fourth-order valence-electron chi connectivity index (χ4n) is 2.47. The van der Waals surface area contributed by atoms with Gasteiger partial charge in [-0.1, -0.05) is 15.9 Å². The molecule has 1 aliphatic rings. The van der Waals surface area contributed by atoms with Crippen molar-refractivity contribution in [3.8, 4) is 5.75 Å². The standard InChI is InChI=1S/C15H23BrN2O/c16-15-5-4-14(12-13(15)6-7-17)19-11-3-10-18-8-1-2-9-18/h4-5,12H,1-3,6-11,17H2. The number of likely N-dealkylation sites (tertiary alicyclic amines) is 1. The van der Waals surface area contributed by atoms with Crippen LogP contribution in [0.25, 0.3) is 0 Å². The van der Waals surface area contributed by atoms with Crippen molar-refractivity contribution in [2.75, 3.05) is 32.8 Å². The molecule has 1 fully saturated rings. The zero-order chi connectivity index (χ0) is 13.5. The van der Waals surface area contributed by atoms with Crippen LogP contribution in [0.4, 0.5) is 0 Å². The summed E-state index contributed by atoms with van der Waals surface area (Å²) in [5.74, 6) is 0.952. The predicted octanol–water partition coefficient (Wildman–Crippen LogP) is 2.82. The van der Waals surface area contributed by atoms with Crippen molar-refractivity contribution in [2.45, 2.75) is 25.7 Å². The molecule has 0 amide bonds. The lowest BCUT2D eigenvalue weighted by Gasteiger charge is -2.14. The Morgan fingerprint density at radius 1 is 1.26 bits per heavy atom. The third-order valence-corrected chi connectivity index (χ3v) is 4.29. The van der Waals surface area contributed by atoms with E-state index in [9.17, 15) is 0 Å². The molecule has 1 aromatic rings. The van der Waals surface area contributed by atoms with Crippen molar-refractivity contribution in [1.29, 1.82) is 0 Å². The molecule has 1 aliphatic heterocycles. The van der Waals surface area contributed by atoms with E-state index in [1.807, 2.05) is 12.1 Å². The molecule has 0 atom stereocenters. The maximum absolute atomic E-state index is 5.82. The summed E-state index contributed by atoms with van der Waals surface area (Å²) in [6, 6.07) is 6.15. The quantitative estimate of drug-likeness (QED) is 0.783. The SMILES string of the molecule is NCCc1cc(OCCCN2CCCC2)ccc1Br. The Bertz CT molecular complexity index is 392. The van der Waals surface area contributed by atoms with Gasteiger partial charge in [0.1, 0.15) is 5.75 Å². The lowest BCUT2D eigenvalue weighted by molar-refractivity contribution is 0.263. The maximum Gasteiger partial charge on any atom is 0.119 e. The molecule has 0 radical (unpaired) electrons. The molecule has 0 aliphatic carbocycles. The summed E-state index contributed by atoms with van der Waals surface area (Å²) in [5.41, 5.74) is 6.83. The van der Waals surface area contributed by atoms with E-state index in [2.05, 4.69) is 26.9 Å². The van der Waals surface area contributed by atoms with Gasteiger partial charge in [-0.3, -0.25) is 0 Å². The van der Waals surface area contributed by atoms with Gasteiger partial charge in [0, 0.05) is 11.0 Å². The highest BCUT2D eigenvalue weighted by atomic mass is 79.9. The van der Waals surface area contributed by atoms with Crippen LogP contribution < -0.4 is 10.5 Å². The highest BCUT2D eigenvalue weighted by Crippen LogP contribution is 2.23. The van der Waals surface area contributed by atoms with Crippen LogP contribution in [0.3, 0.4) is 0 Å². The minimum atomic E-state index is 0.664. The van der Waals surface area contributed by atoms with E-state index in [-0.39, 0.29) is 0 Å². The first-order chi connectivity index (χ1) is 9.29. The zero-order valence-corrected chi connectivity index (χ0v) is 13.0. The van der Waals surface area contributed by atoms with Gasteiger partial charge in [-0.05, 0) is 69.1 Å². The van der Waals surface area contributed by atoms with Crippen molar-refractivity contribution in [3.05, 3.63) is 28.2 Å². The first kappa shape index (κ1) is 14.8. The van der Waals surface area contributed by atoms with Gasteiger partial charge in [-0.25, -0.2) is 0 Å². The van der Waals surface area contributed by atoms with Crippen LogP contribution in [-0.2, 0) is 6.42 Å². The third-order valence-electron chi connectivity index (χ3n) is 3.52.